The second-order valence-corrected chi connectivity index (χ2v) is 4.02. The second-order valence-electron chi connectivity index (χ2n) is 4.02. The minimum atomic E-state index is -0.413. The Morgan fingerprint density at radius 3 is 2.71 bits per heavy atom. The Labute approximate surface area is 102 Å². The molecule has 1 aromatic rings. The molecule has 0 heterocycles. The van der Waals surface area contributed by atoms with Crippen LogP contribution in [0.5, 0.6) is 0 Å². The number of benzene rings is 1. The molecule has 0 aliphatic carbocycles. The lowest BCUT2D eigenvalue weighted by molar-refractivity contribution is 0.130. The fourth-order valence-corrected chi connectivity index (χ4v) is 1.41. The Morgan fingerprint density at radius 2 is 2.06 bits per heavy atom. The summed E-state index contributed by atoms with van der Waals surface area (Å²) in [6.45, 7) is 7.32. The van der Waals surface area contributed by atoms with E-state index in [1.54, 1.807) is 0 Å². The molecule has 0 bridgehead atoms. The Morgan fingerprint density at radius 1 is 1.35 bits per heavy atom. The largest absolute Gasteiger partial charge is 0.447 e. The van der Waals surface area contributed by atoms with Gasteiger partial charge in [0.15, 0.2) is 0 Å². The summed E-state index contributed by atoms with van der Waals surface area (Å²) in [5, 5.41) is 5.98. The van der Waals surface area contributed by atoms with Crippen LogP contribution in [-0.2, 0) is 11.3 Å². The van der Waals surface area contributed by atoms with E-state index in [2.05, 4.69) is 10.6 Å². The third-order valence-corrected chi connectivity index (χ3v) is 2.16. The summed E-state index contributed by atoms with van der Waals surface area (Å²) < 4.78 is 5.04. The normalized spacial score (nSPS) is 10.4. The highest BCUT2D eigenvalue weighted by Crippen LogP contribution is 2.15. The molecule has 0 aliphatic rings. The van der Waals surface area contributed by atoms with Crippen molar-refractivity contribution in [2.45, 2.75) is 33.4 Å². The van der Waals surface area contributed by atoms with Crippen molar-refractivity contribution < 1.29 is 9.53 Å². The van der Waals surface area contributed by atoms with Crippen LogP contribution in [0.4, 0.5) is 10.5 Å². The molecule has 1 rings (SSSR count). The van der Waals surface area contributed by atoms with E-state index in [0.29, 0.717) is 0 Å². The van der Waals surface area contributed by atoms with Gasteiger partial charge in [-0.15, -0.1) is 0 Å². The lowest BCUT2D eigenvalue weighted by Crippen LogP contribution is -2.20. The zero-order valence-electron chi connectivity index (χ0n) is 10.6. The van der Waals surface area contributed by atoms with Crippen LogP contribution < -0.4 is 10.6 Å². The van der Waals surface area contributed by atoms with E-state index in [1.807, 2.05) is 45.0 Å². The van der Waals surface area contributed by atoms with Gasteiger partial charge in [0, 0.05) is 12.2 Å². The molecule has 0 saturated heterocycles. The van der Waals surface area contributed by atoms with Gasteiger partial charge >= 0.3 is 6.09 Å². The highest BCUT2D eigenvalue weighted by Gasteiger charge is 2.08. The average Bonchev–Trinajstić information content (AvgIpc) is 2.26. The maximum Gasteiger partial charge on any atom is 0.411 e. The van der Waals surface area contributed by atoms with Crippen molar-refractivity contribution in [2.75, 3.05) is 11.9 Å². The maximum absolute atomic E-state index is 11.5. The lowest BCUT2D eigenvalue weighted by atomic mass is 10.2. The summed E-state index contributed by atoms with van der Waals surface area (Å²) in [6.07, 6.45) is -0.528. The molecule has 0 unspecified atom stereocenters. The highest BCUT2D eigenvalue weighted by atomic mass is 16.6. The number of rotatable bonds is 5. The summed E-state index contributed by atoms with van der Waals surface area (Å²) in [4.78, 5) is 11.5. The van der Waals surface area contributed by atoms with Gasteiger partial charge in [0.1, 0.15) is 0 Å². The molecule has 1 amide bonds. The molecule has 17 heavy (non-hydrogen) atoms. The minimum absolute atomic E-state index is 0.115. The van der Waals surface area contributed by atoms with Crippen molar-refractivity contribution in [1.82, 2.24) is 5.32 Å². The van der Waals surface area contributed by atoms with Crippen molar-refractivity contribution in [1.29, 1.82) is 0 Å². The molecule has 0 fully saturated rings. The Balaban J connectivity index is 2.65. The van der Waals surface area contributed by atoms with Crippen LogP contribution in [0.2, 0.25) is 0 Å². The van der Waals surface area contributed by atoms with Gasteiger partial charge in [0.2, 0.25) is 0 Å². The minimum Gasteiger partial charge on any atom is -0.447 e. The molecule has 0 saturated carbocycles. The Bertz CT molecular complexity index is 364. The van der Waals surface area contributed by atoms with Gasteiger partial charge in [-0.1, -0.05) is 25.1 Å². The first-order valence-corrected chi connectivity index (χ1v) is 5.89. The van der Waals surface area contributed by atoms with E-state index >= 15 is 0 Å². The molecule has 1 aromatic carbocycles. The van der Waals surface area contributed by atoms with E-state index < -0.39 is 6.09 Å². The first kappa shape index (κ1) is 13.5. The SMILES string of the molecule is CCNCc1ccccc1NC(=O)OC(C)C. The van der Waals surface area contributed by atoms with Gasteiger partial charge in [-0.3, -0.25) is 5.32 Å². The van der Waals surface area contributed by atoms with Gasteiger partial charge in [0.25, 0.3) is 0 Å². The van der Waals surface area contributed by atoms with Crippen molar-refractivity contribution in [3.05, 3.63) is 29.8 Å². The molecule has 0 radical (unpaired) electrons. The topological polar surface area (TPSA) is 50.4 Å². The molecule has 0 aromatic heterocycles. The summed E-state index contributed by atoms with van der Waals surface area (Å²) >= 11 is 0. The van der Waals surface area contributed by atoms with Crippen LogP contribution in [0.15, 0.2) is 24.3 Å². The molecule has 0 atom stereocenters. The fourth-order valence-electron chi connectivity index (χ4n) is 1.41. The number of anilines is 1. The van der Waals surface area contributed by atoms with Crippen LogP contribution in [0, 0.1) is 0 Å². The number of amides is 1. The molecular weight excluding hydrogens is 216 g/mol. The van der Waals surface area contributed by atoms with Crippen LogP contribution in [0.1, 0.15) is 26.3 Å². The second kappa shape index (κ2) is 6.91. The number of carbonyl (C=O) groups excluding carboxylic acids is 1. The molecule has 94 valence electrons. The molecular formula is C13H20N2O2. The van der Waals surface area contributed by atoms with E-state index in [1.165, 1.54) is 0 Å². The Kier molecular flexibility index (Phi) is 5.49. The van der Waals surface area contributed by atoms with Gasteiger partial charge in [-0.25, -0.2) is 4.79 Å². The highest BCUT2D eigenvalue weighted by molar-refractivity contribution is 5.85. The van der Waals surface area contributed by atoms with Crippen LogP contribution in [-0.4, -0.2) is 18.7 Å². The number of nitrogens with one attached hydrogen (secondary N) is 2. The van der Waals surface area contributed by atoms with E-state index in [9.17, 15) is 4.79 Å². The van der Waals surface area contributed by atoms with Crippen LogP contribution in [0.25, 0.3) is 0 Å². The lowest BCUT2D eigenvalue weighted by Gasteiger charge is -2.13. The quantitative estimate of drug-likeness (QED) is 0.826. The van der Waals surface area contributed by atoms with E-state index in [4.69, 9.17) is 4.74 Å². The van der Waals surface area contributed by atoms with Crippen molar-refractivity contribution in [3.63, 3.8) is 0 Å². The molecule has 4 nitrogen and oxygen atoms in total. The third-order valence-electron chi connectivity index (χ3n) is 2.16. The van der Waals surface area contributed by atoms with Gasteiger partial charge in [-0.05, 0) is 32.0 Å². The number of para-hydroxylation sites is 1. The number of ether oxygens (including phenoxy) is 1. The molecule has 0 spiro atoms. The first-order chi connectivity index (χ1) is 8.13. The maximum atomic E-state index is 11.5. The van der Waals surface area contributed by atoms with Gasteiger partial charge in [0.05, 0.1) is 6.10 Å². The zero-order chi connectivity index (χ0) is 12.7. The van der Waals surface area contributed by atoms with Crippen molar-refractivity contribution in [2.24, 2.45) is 0 Å². The number of hydrogen-bond donors (Lipinski definition) is 2. The molecule has 4 heteroatoms. The van der Waals surface area contributed by atoms with Crippen LogP contribution >= 0.6 is 0 Å². The van der Waals surface area contributed by atoms with Gasteiger partial charge in [-0.2, -0.15) is 0 Å². The summed E-state index contributed by atoms with van der Waals surface area (Å²) in [5.41, 5.74) is 1.84. The standard InChI is InChI=1S/C13H20N2O2/c1-4-14-9-11-7-5-6-8-12(11)15-13(16)17-10(2)3/h5-8,10,14H,4,9H2,1-3H3,(H,15,16). The van der Waals surface area contributed by atoms with Gasteiger partial charge < -0.3 is 10.1 Å². The average molecular weight is 236 g/mol. The smallest absolute Gasteiger partial charge is 0.411 e. The van der Waals surface area contributed by atoms with E-state index in [0.717, 1.165) is 24.3 Å². The van der Waals surface area contributed by atoms with Crippen LogP contribution in [0.3, 0.4) is 0 Å². The molecule has 2 N–H and O–H groups in total. The fraction of sp³-hybridized carbons (Fsp3) is 0.462. The predicted octanol–water partition coefficient (Wildman–Crippen LogP) is 2.75. The summed E-state index contributed by atoms with van der Waals surface area (Å²) in [5.74, 6) is 0. The van der Waals surface area contributed by atoms with E-state index in [-0.39, 0.29) is 6.10 Å². The zero-order valence-corrected chi connectivity index (χ0v) is 10.6. The summed E-state index contributed by atoms with van der Waals surface area (Å²) in [7, 11) is 0. The predicted molar refractivity (Wildman–Crippen MR) is 69.1 cm³/mol. The Hall–Kier alpha value is -1.55. The first-order valence-electron chi connectivity index (χ1n) is 5.89. The monoisotopic (exact) mass is 236 g/mol. The third kappa shape index (κ3) is 4.87. The molecule has 0 aliphatic heterocycles. The van der Waals surface area contributed by atoms with Crippen molar-refractivity contribution >= 4 is 11.8 Å². The summed E-state index contributed by atoms with van der Waals surface area (Å²) in [6, 6.07) is 7.69. The van der Waals surface area contributed by atoms with Crippen molar-refractivity contribution in [3.8, 4) is 0 Å². The number of hydrogen-bond acceptors (Lipinski definition) is 3. The number of carbonyl (C=O) groups is 1.